The molecule has 3 aliphatic heterocycles. The number of rotatable bonds is 13. The minimum absolute atomic E-state index is 0.242. The first kappa shape index (κ1) is 58.4. The van der Waals surface area contributed by atoms with Crippen molar-refractivity contribution in [3.63, 3.8) is 0 Å². The third kappa shape index (κ3) is 13.3. The molecule has 3 unspecified atom stereocenters. The maximum absolute atomic E-state index is 13.4. The van der Waals surface area contributed by atoms with Crippen LogP contribution in [-0.4, -0.2) is 66.9 Å². The molecule has 3 saturated heterocycles. The molecular formula is C66H58F3N3O11. The molecule has 83 heavy (non-hydrogen) atoms. The molecule has 8 aromatic rings. The zero-order valence-electron chi connectivity index (χ0n) is 45.0. The summed E-state index contributed by atoms with van der Waals surface area (Å²) in [6.07, 6.45) is 5.07. The average Bonchev–Trinajstić information content (AvgIpc) is 4.38. The molecule has 0 aromatic heterocycles. The van der Waals surface area contributed by atoms with Crippen LogP contribution in [0.2, 0.25) is 0 Å². The average molecular weight is 1130 g/mol. The van der Waals surface area contributed by atoms with E-state index in [2.05, 4.69) is 15.4 Å². The minimum atomic E-state index is -0.954. The smallest absolute Gasteiger partial charge is 0.337 e. The Morgan fingerprint density at radius 2 is 0.663 bits per heavy atom. The zero-order chi connectivity index (χ0) is 58.6. The van der Waals surface area contributed by atoms with Gasteiger partial charge in [0, 0.05) is 47.9 Å². The molecule has 8 aromatic carbocycles. The molecule has 3 aliphatic rings. The van der Waals surface area contributed by atoms with E-state index in [0.29, 0.717) is 47.9 Å². The summed E-state index contributed by atoms with van der Waals surface area (Å²) in [6, 6.07) is 52.7. The molecule has 5 N–H and O–H groups in total. The highest BCUT2D eigenvalue weighted by Gasteiger charge is 2.41. The molecule has 14 nitrogen and oxygen atoms in total. The number of nitrogens with one attached hydrogen (secondary N) is 3. The van der Waals surface area contributed by atoms with E-state index in [-0.39, 0.29) is 40.4 Å². The van der Waals surface area contributed by atoms with E-state index in [1.807, 2.05) is 24.3 Å². The maximum Gasteiger partial charge on any atom is 0.337 e. The molecule has 0 bridgehead atoms. The second-order valence-corrected chi connectivity index (χ2v) is 19.9. The van der Waals surface area contributed by atoms with Crippen LogP contribution in [0.4, 0.5) is 24.5 Å². The van der Waals surface area contributed by atoms with Gasteiger partial charge in [0.15, 0.2) is 0 Å². The second kappa shape index (κ2) is 26.1. The summed E-state index contributed by atoms with van der Waals surface area (Å²) in [5, 5.41) is 23.2. The van der Waals surface area contributed by atoms with Gasteiger partial charge in [-0.3, -0.25) is 19.6 Å². The Hall–Kier alpha value is -9.26. The number of ether oxygens (including phenoxy) is 4. The van der Waals surface area contributed by atoms with Crippen LogP contribution < -0.4 is 16.1 Å². The highest BCUT2D eigenvalue weighted by molar-refractivity contribution is 6.05. The van der Waals surface area contributed by atoms with Gasteiger partial charge in [-0.25, -0.2) is 28.2 Å². The van der Waals surface area contributed by atoms with Crippen molar-refractivity contribution < 1.29 is 66.4 Å². The lowest BCUT2D eigenvalue weighted by atomic mass is 9.83. The fraction of sp³-hybridized carbons (Fsp3) is 0.197. The summed E-state index contributed by atoms with van der Waals surface area (Å²) in [7, 11) is 1.32. The molecule has 0 spiro atoms. The Kier molecular flexibility index (Phi) is 18.4. The normalized spacial score (nSPS) is 18.8. The number of anilines is 2. The molecular weight excluding hydrogens is 1070 g/mol. The lowest BCUT2D eigenvalue weighted by Crippen LogP contribution is -2.26. The molecule has 3 atom stereocenters. The van der Waals surface area contributed by atoms with Gasteiger partial charge in [0.25, 0.3) is 17.7 Å². The number of hydrogen-bond donors (Lipinski definition) is 5. The van der Waals surface area contributed by atoms with Crippen LogP contribution in [0.25, 0.3) is 0 Å². The standard InChI is InChI=1S/C25H22FNO4.C24H21FN2O4.C17H15FO3/c1-30-24(29)18-5-13-22(14-6-18)27-23(28)17-3-7-19(8-4-17)25(15-2-16-31-25)20-9-11-21(26)12-10-20;25-20-10-8-19(9-11-20)24(14-1-15-31-24)18-6-2-16(3-7-18)22(28)26-21-12-4-17(5-13-21)23(29)27-30;18-15-8-6-14(7-9-15)17(10-1-11-21-17)13-4-2-12(3-5-13)16(19)20/h3-14H,2,15-16H2,1H3,(H,27,28);2-13,30H,1,14-15H2,(H,26,28)(H,27,29);2-9H,1,10-11H2,(H,19,20). The molecule has 3 heterocycles. The molecule has 424 valence electrons. The summed E-state index contributed by atoms with van der Waals surface area (Å²) in [4.78, 5) is 59.1. The molecule has 17 heteroatoms. The van der Waals surface area contributed by atoms with Crippen LogP contribution in [-0.2, 0) is 35.8 Å². The number of carboxylic acid groups (broad SMARTS) is 1. The van der Waals surface area contributed by atoms with Gasteiger partial charge in [-0.2, -0.15) is 0 Å². The summed E-state index contributed by atoms with van der Waals surface area (Å²) >= 11 is 0. The van der Waals surface area contributed by atoms with Gasteiger partial charge in [-0.1, -0.05) is 72.8 Å². The van der Waals surface area contributed by atoms with Crippen molar-refractivity contribution in [1.82, 2.24) is 5.48 Å². The monoisotopic (exact) mass is 1130 g/mol. The number of hydrogen-bond acceptors (Lipinski definition) is 10. The van der Waals surface area contributed by atoms with Gasteiger partial charge in [-0.15, -0.1) is 0 Å². The SMILES string of the molecule is COC(=O)c1ccc(NC(=O)c2ccc(C3(c4ccc(F)cc4)CCCO3)cc2)cc1.O=C(NO)c1ccc(NC(=O)c2ccc(C3(c4ccc(F)cc4)CCCO3)cc2)cc1.O=C(O)c1ccc(C2(c3ccc(F)cc3)CCCO2)cc1. The van der Waals surface area contributed by atoms with Crippen LogP contribution >= 0.6 is 0 Å². The molecule has 3 fully saturated rings. The van der Waals surface area contributed by atoms with Gasteiger partial charge in [0.05, 0.1) is 18.2 Å². The van der Waals surface area contributed by atoms with Crippen molar-refractivity contribution >= 4 is 41.0 Å². The number of halogens is 3. The first-order valence-electron chi connectivity index (χ1n) is 26.8. The topological polar surface area (TPSA) is 199 Å². The molecule has 0 aliphatic carbocycles. The van der Waals surface area contributed by atoms with E-state index in [0.717, 1.165) is 71.9 Å². The summed E-state index contributed by atoms with van der Waals surface area (Å²) in [5.41, 5.74) is 8.06. The highest BCUT2D eigenvalue weighted by atomic mass is 19.1. The first-order valence-corrected chi connectivity index (χ1v) is 26.8. The Morgan fingerprint density at radius 1 is 0.398 bits per heavy atom. The van der Waals surface area contributed by atoms with E-state index in [4.69, 9.17) is 24.5 Å². The third-order valence-electron chi connectivity index (χ3n) is 14.9. The zero-order valence-corrected chi connectivity index (χ0v) is 45.0. The number of amides is 3. The fourth-order valence-corrected chi connectivity index (χ4v) is 10.6. The maximum atomic E-state index is 13.4. The predicted molar refractivity (Wildman–Crippen MR) is 303 cm³/mol. The fourth-order valence-electron chi connectivity index (χ4n) is 10.6. The minimum Gasteiger partial charge on any atom is -0.478 e. The van der Waals surface area contributed by atoms with Crippen LogP contribution in [0.15, 0.2) is 194 Å². The quantitative estimate of drug-likeness (QED) is 0.0418. The van der Waals surface area contributed by atoms with Crippen LogP contribution in [0.1, 0.15) is 124 Å². The number of carbonyl (C=O) groups excluding carboxylic acids is 4. The Morgan fingerprint density at radius 3 is 0.928 bits per heavy atom. The Labute approximate surface area is 476 Å². The van der Waals surface area contributed by atoms with Crippen molar-refractivity contribution in [3.8, 4) is 0 Å². The van der Waals surface area contributed by atoms with E-state index >= 15 is 0 Å². The summed E-state index contributed by atoms with van der Waals surface area (Å²) < 4.78 is 62.8. The molecule has 11 rings (SSSR count). The van der Waals surface area contributed by atoms with Crippen molar-refractivity contribution in [2.45, 2.75) is 55.3 Å². The number of carboxylic acids is 1. The van der Waals surface area contributed by atoms with Crippen LogP contribution in [0, 0.1) is 17.5 Å². The van der Waals surface area contributed by atoms with Crippen molar-refractivity contribution in [1.29, 1.82) is 0 Å². The molecule has 3 amide bonds. The summed E-state index contributed by atoms with van der Waals surface area (Å²) in [6.45, 7) is 1.88. The highest BCUT2D eigenvalue weighted by Crippen LogP contribution is 2.45. The second-order valence-electron chi connectivity index (χ2n) is 19.9. The number of esters is 1. The van der Waals surface area contributed by atoms with Gasteiger partial charge in [-0.05, 0) is 193 Å². The molecule has 0 radical (unpaired) electrons. The van der Waals surface area contributed by atoms with E-state index in [9.17, 15) is 37.1 Å². The number of benzene rings is 8. The summed E-state index contributed by atoms with van der Waals surface area (Å²) in [5.74, 6) is -3.44. The number of aromatic carboxylic acids is 1. The number of carbonyl (C=O) groups is 5. The Bertz CT molecular complexity index is 3350. The van der Waals surface area contributed by atoms with E-state index in [1.165, 1.54) is 55.6 Å². The van der Waals surface area contributed by atoms with Crippen LogP contribution in [0.5, 0.6) is 0 Å². The molecule has 0 saturated carbocycles. The van der Waals surface area contributed by atoms with Gasteiger partial charge < -0.3 is 34.7 Å². The van der Waals surface area contributed by atoms with E-state index in [1.54, 1.807) is 127 Å². The van der Waals surface area contributed by atoms with Crippen molar-refractivity contribution in [3.05, 3.63) is 273 Å². The lowest BCUT2D eigenvalue weighted by molar-refractivity contribution is 0.0357. The van der Waals surface area contributed by atoms with Gasteiger partial charge in [0.1, 0.15) is 34.3 Å². The van der Waals surface area contributed by atoms with Crippen LogP contribution in [0.3, 0.4) is 0 Å². The number of methoxy groups -OCH3 is 1. The van der Waals surface area contributed by atoms with Crippen molar-refractivity contribution in [2.24, 2.45) is 0 Å². The van der Waals surface area contributed by atoms with E-state index < -0.39 is 34.6 Å². The first-order chi connectivity index (χ1) is 40.1. The largest absolute Gasteiger partial charge is 0.478 e. The third-order valence-corrected chi connectivity index (χ3v) is 14.9. The van der Waals surface area contributed by atoms with Gasteiger partial charge in [0.2, 0.25) is 0 Å². The lowest BCUT2D eigenvalue weighted by Gasteiger charge is -2.30. The predicted octanol–water partition coefficient (Wildman–Crippen LogP) is 12.7. The van der Waals surface area contributed by atoms with Crippen molar-refractivity contribution in [2.75, 3.05) is 37.6 Å². The van der Waals surface area contributed by atoms with Gasteiger partial charge >= 0.3 is 11.9 Å². The number of hydroxylamine groups is 1. The Balaban J connectivity index is 0.000000153.